The molecule has 0 unspecified atom stereocenters. The summed E-state index contributed by atoms with van der Waals surface area (Å²) in [6, 6.07) is 10.1. The van der Waals surface area contributed by atoms with E-state index in [0.29, 0.717) is 31.3 Å². The highest BCUT2D eigenvalue weighted by molar-refractivity contribution is 5.21. The molecule has 0 bridgehead atoms. The Balaban J connectivity index is 1.58. The summed E-state index contributed by atoms with van der Waals surface area (Å²) in [5, 5.41) is 16.2. The van der Waals surface area contributed by atoms with Crippen molar-refractivity contribution in [1.29, 1.82) is 0 Å². The van der Waals surface area contributed by atoms with E-state index in [-0.39, 0.29) is 0 Å². The number of nitrogens with zero attached hydrogens (tertiary/aromatic N) is 4. The molecule has 2 aromatic rings. The maximum absolute atomic E-state index is 11.4. The van der Waals surface area contributed by atoms with Gasteiger partial charge in [0.05, 0.1) is 6.04 Å². The van der Waals surface area contributed by atoms with Crippen molar-refractivity contribution in [3.8, 4) is 5.75 Å². The molecule has 146 valence electrons. The molecular formula is C21H30N4O2. The van der Waals surface area contributed by atoms with Gasteiger partial charge in [0.2, 0.25) is 0 Å². The predicted molar refractivity (Wildman–Crippen MR) is 104 cm³/mol. The van der Waals surface area contributed by atoms with Gasteiger partial charge < -0.3 is 14.7 Å². The average molecular weight is 370 g/mol. The van der Waals surface area contributed by atoms with Gasteiger partial charge in [0.15, 0.2) is 11.6 Å². The molecule has 6 nitrogen and oxygen atoms in total. The molecule has 2 heterocycles. The molecule has 1 aromatic carbocycles. The van der Waals surface area contributed by atoms with Crippen LogP contribution in [0.5, 0.6) is 5.75 Å². The molecule has 1 N–H and O–H groups in total. The van der Waals surface area contributed by atoms with Crippen LogP contribution >= 0.6 is 0 Å². The Morgan fingerprint density at radius 2 is 1.81 bits per heavy atom. The Morgan fingerprint density at radius 3 is 2.52 bits per heavy atom. The fourth-order valence-electron chi connectivity index (χ4n) is 4.20. The highest BCUT2D eigenvalue weighted by Crippen LogP contribution is 2.36. The molecule has 2 fully saturated rings. The monoisotopic (exact) mass is 370 g/mol. The van der Waals surface area contributed by atoms with E-state index >= 15 is 0 Å². The Labute approximate surface area is 161 Å². The van der Waals surface area contributed by atoms with Crippen LogP contribution in [-0.2, 0) is 12.2 Å². The molecule has 0 amide bonds. The maximum Gasteiger partial charge on any atom is 0.188 e. The molecule has 1 aromatic heterocycles. The summed E-state index contributed by atoms with van der Waals surface area (Å²) in [7, 11) is 2.10. The standard InChI is InChI=1S/C21H30N4O2/c1-24-14-12-21(26,13-15-24)20-22-19(16-27-18-10-6-3-7-11-18)23-25(20)17-8-4-2-5-9-17/h3,6-7,10-11,17,26H,2,4-5,8-9,12-16H2,1H3. The van der Waals surface area contributed by atoms with Crippen LogP contribution in [0.15, 0.2) is 30.3 Å². The lowest BCUT2D eigenvalue weighted by molar-refractivity contribution is -0.0328. The number of likely N-dealkylation sites (tertiary alicyclic amines) is 1. The lowest BCUT2D eigenvalue weighted by atomic mass is 9.89. The molecular weight excluding hydrogens is 340 g/mol. The first-order valence-corrected chi connectivity index (χ1v) is 10.2. The van der Waals surface area contributed by atoms with Gasteiger partial charge in [-0.15, -0.1) is 0 Å². The number of ether oxygens (including phenoxy) is 1. The Morgan fingerprint density at radius 1 is 1.11 bits per heavy atom. The summed E-state index contributed by atoms with van der Waals surface area (Å²) in [6.07, 6.45) is 7.37. The van der Waals surface area contributed by atoms with E-state index in [1.807, 2.05) is 35.0 Å². The van der Waals surface area contributed by atoms with Crippen molar-refractivity contribution in [1.82, 2.24) is 19.7 Å². The van der Waals surface area contributed by atoms with Crippen molar-refractivity contribution in [2.75, 3.05) is 20.1 Å². The van der Waals surface area contributed by atoms with E-state index in [4.69, 9.17) is 14.8 Å². The van der Waals surface area contributed by atoms with Crippen molar-refractivity contribution in [3.05, 3.63) is 42.0 Å². The smallest absolute Gasteiger partial charge is 0.188 e. The van der Waals surface area contributed by atoms with Gasteiger partial charge in [0.1, 0.15) is 18.0 Å². The van der Waals surface area contributed by atoms with Gasteiger partial charge in [-0.05, 0) is 44.9 Å². The zero-order valence-electron chi connectivity index (χ0n) is 16.2. The molecule has 1 aliphatic carbocycles. The van der Waals surface area contributed by atoms with E-state index < -0.39 is 5.60 Å². The molecule has 1 saturated heterocycles. The van der Waals surface area contributed by atoms with Gasteiger partial charge in [0, 0.05) is 13.1 Å². The predicted octanol–water partition coefficient (Wildman–Crippen LogP) is 3.28. The molecule has 27 heavy (non-hydrogen) atoms. The van der Waals surface area contributed by atoms with Crippen molar-refractivity contribution in [2.45, 2.75) is 63.2 Å². The number of para-hydroxylation sites is 1. The minimum atomic E-state index is -0.887. The van der Waals surface area contributed by atoms with Crippen LogP contribution in [0.3, 0.4) is 0 Å². The van der Waals surface area contributed by atoms with Gasteiger partial charge in [-0.3, -0.25) is 0 Å². The van der Waals surface area contributed by atoms with Gasteiger partial charge in [-0.25, -0.2) is 9.67 Å². The quantitative estimate of drug-likeness (QED) is 0.875. The molecule has 4 rings (SSSR count). The number of aliphatic hydroxyl groups is 1. The second-order valence-electron chi connectivity index (χ2n) is 8.02. The third-order valence-corrected chi connectivity index (χ3v) is 5.94. The van der Waals surface area contributed by atoms with Gasteiger partial charge in [-0.2, -0.15) is 5.10 Å². The van der Waals surface area contributed by atoms with Crippen molar-refractivity contribution in [2.24, 2.45) is 0 Å². The number of rotatable bonds is 5. The number of piperidine rings is 1. The molecule has 1 aliphatic heterocycles. The van der Waals surface area contributed by atoms with Crippen LogP contribution in [0, 0.1) is 0 Å². The minimum absolute atomic E-state index is 0.326. The normalized spacial score (nSPS) is 21.3. The van der Waals surface area contributed by atoms with Crippen LogP contribution in [-0.4, -0.2) is 44.9 Å². The molecule has 0 atom stereocenters. The molecule has 6 heteroatoms. The largest absolute Gasteiger partial charge is 0.486 e. The second kappa shape index (κ2) is 7.98. The van der Waals surface area contributed by atoms with Crippen LogP contribution in [0.25, 0.3) is 0 Å². The van der Waals surface area contributed by atoms with Crippen LogP contribution in [0.1, 0.15) is 62.6 Å². The third kappa shape index (κ3) is 4.17. The summed E-state index contributed by atoms with van der Waals surface area (Å²) < 4.78 is 7.89. The van der Waals surface area contributed by atoms with Crippen LogP contribution in [0.2, 0.25) is 0 Å². The van der Waals surface area contributed by atoms with Crippen LogP contribution < -0.4 is 4.74 Å². The number of aromatic nitrogens is 3. The SMILES string of the molecule is CN1CCC(O)(c2nc(COc3ccccc3)nn2C2CCCCC2)CC1. The zero-order chi connectivity index (χ0) is 18.7. The maximum atomic E-state index is 11.4. The van der Waals surface area contributed by atoms with E-state index in [1.54, 1.807) is 0 Å². The fourth-order valence-corrected chi connectivity index (χ4v) is 4.20. The molecule has 0 radical (unpaired) electrons. The number of hydrogen-bond acceptors (Lipinski definition) is 5. The Bertz CT molecular complexity index is 732. The van der Waals surface area contributed by atoms with Crippen molar-refractivity contribution < 1.29 is 9.84 Å². The first kappa shape index (κ1) is 18.4. The molecule has 2 aliphatic rings. The first-order chi connectivity index (χ1) is 13.1. The molecule has 0 spiro atoms. The summed E-state index contributed by atoms with van der Waals surface area (Å²) in [5.41, 5.74) is -0.887. The summed E-state index contributed by atoms with van der Waals surface area (Å²) in [4.78, 5) is 7.04. The summed E-state index contributed by atoms with van der Waals surface area (Å²) in [6.45, 7) is 2.08. The molecule has 1 saturated carbocycles. The second-order valence-corrected chi connectivity index (χ2v) is 8.02. The van der Waals surface area contributed by atoms with E-state index in [9.17, 15) is 5.11 Å². The van der Waals surface area contributed by atoms with Gasteiger partial charge in [0.25, 0.3) is 0 Å². The van der Waals surface area contributed by atoms with Crippen molar-refractivity contribution >= 4 is 0 Å². The summed E-state index contributed by atoms with van der Waals surface area (Å²) >= 11 is 0. The van der Waals surface area contributed by atoms with E-state index in [1.165, 1.54) is 19.3 Å². The lowest BCUT2D eigenvalue weighted by Crippen LogP contribution is -2.43. The van der Waals surface area contributed by atoms with Crippen molar-refractivity contribution in [3.63, 3.8) is 0 Å². The van der Waals surface area contributed by atoms with E-state index in [2.05, 4.69) is 11.9 Å². The Hall–Kier alpha value is -1.92. The highest BCUT2D eigenvalue weighted by Gasteiger charge is 2.39. The Kier molecular flexibility index (Phi) is 5.45. The zero-order valence-corrected chi connectivity index (χ0v) is 16.2. The summed E-state index contributed by atoms with van der Waals surface area (Å²) in [5.74, 6) is 2.21. The topological polar surface area (TPSA) is 63.4 Å². The number of benzene rings is 1. The van der Waals surface area contributed by atoms with E-state index in [0.717, 1.165) is 37.5 Å². The van der Waals surface area contributed by atoms with Crippen LogP contribution in [0.4, 0.5) is 0 Å². The number of hydrogen-bond donors (Lipinski definition) is 1. The van der Waals surface area contributed by atoms with Gasteiger partial charge >= 0.3 is 0 Å². The highest BCUT2D eigenvalue weighted by atomic mass is 16.5. The third-order valence-electron chi connectivity index (χ3n) is 5.94. The average Bonchev–Trinajstić information content (AvgIpc) is 3.16. The first-order valence-electron chi connectivity index (χ1n) is 10.2. The van der Waals surface area contributed by atoms with Gasteiger partial charge in [-0.1, -0.05) is 37.5 Å². The minimum Gasteiger partial charge on any atom is -0.486 e. The fraction of sp³-hybridized carbons (Fsp3) is 0.619. The lowest BCUT2D eigenvalue weighted by Gasteiger charge is -2.37.